The van der Waals surface area contributed by atoms with Crippen LogP contribution in [0.15, 0.2) is 0 Å². The van der Waals surface area contributed by atoms with Crippen LogP contribution in [0, 0.1) is 0 Å². The van der Waals surface area contributed by atoms with Crippen LogP contribution in [0.25, 0.3) is 0 Å². The van der Waals surface area contributed by atoms with Crippen LogP contribution in [0.3, 0.4) is 0 Å². The summed E-state index contributed by atoms with van der Waals surface area (Å²) in [6.45, 7) is 12.8. The smallest absolute Gasteiger partial charge is 0.0277 e. The summed E-state index contributed by atoms with van der Waals surface area (Å²) in [4.78, 5) is 5.06. The monoisotopic (exact) mass is 213 g/mol. The van der Waals surface area contributed by atoms with Gasteiger partial charge in [0.05, 0.1) is 0 Å². The van der Waals surface area contributed by atoms with E-state index in [2.05, 4.69) is 49.9 Å². The Morgan fingerprint density at radius 3 is 2.27 bits per heavy atom. The van der Waals surface area contributed by atoms with E-state index in [1.165, 1.54) is 13.1 Å². The largest absolute Gasteiger partial charge is 0.316 e. The molecule has 0 saturated carbocycles. The maximum Gasteiger partial charge on any atom is 0.0277 e. The Balaban J connectivity index is 2.59. The number of piperazine rings is 1. The molecule has 1 aliphatic heterocycles. The van der Waals surface area contributed by atoms with Gasteiger partial charge >= 0.3 is 0 Å². The molecule has 3 heteroatoms. The summed E-state index contributed by atoms with van der Waals surface area (Å²) in [6, 6.07) is 1.17. The zero-order valence-corrected chi connectivity index (χ0v) is 11.2. The first-order chi connectivity index (χ1) is 6.88. The number of hydrogen-bond acceptors (Lipinski definition) is 3. The minimum atomic E-state index is 0.306. The van der Waals surface area contributed by atoms with Gasteiger partial charge in [0.25, 0.3) is 0 Å². The van der Waals surface area contributed by atoms with Gasteiger partial charge < -0.3 is 5.32 Å². The molecule has 15 heavy (non-hydrogen) atoms. The summed E-state index contributed by atoms with van der Waals surface area (Å²) in [7, 11) is 4.27. The lowest BCUT2D eigenvalue weighted by Crippen LogP contribution is -2.61. The number of likely N-dealkylation sites (N-methyl/N-ethyl adjacent to an activating group) is 2. The molecule has 0 radical (unpaired) electrons. The minimum Gasteiger partial charge on any atom is -0.316 e. The Hall–Kier alpha value is -0.120. The van der Waals surface area contributed by atoms with E-state index in [4.69, 9.17) is 0 Å². The summed E-state index contributed by atoms with van der Waals surface area (Å²) in [6.07, 6.45) is 0. The Labute approximate surface area is 94.8 Å². The average molecular weight is 213 g/mol. The zero-order valence-electron chi connectivity index (χ0n) is 11.2. The van der Waals surface area contributed by atoms with E-state index in [1.54, 1.807) is 0 Å². The van der Waals surface area contributed by atoms with Crippen LogP contribution in [-0.2, 0) is 0 Å². The first-order valence-electron chi connectivity index (χ1n) is 6.01. The average Bonchev–Trinajstić information content (AvgIpc) is 2.19. The van der Waals surface area contributed by atoms with Gasteiger partial charge in [-0.3, -0.25) is 9.80 Å². The van der Waals surface area contributed by atoms with Gasteiger partial charge in [-0.2, -0.15) is 0 Å². The van der Waals surface area contributed by atoms with Crippen LogP contribution in [-0.4, -0.2) is 61.2 Å². The van der Waals surface area contributed by atoms with Crippen molar-refractivity contribution in [2.75, 3.05) is 33.7 Å². The lowest BCUT2D eigenvalue weighted by atomic mass is 9.97. The van der Waals surface area contributed by atoms with Crippen molar-refractivity contribution in [3.63, 3.8) is 0 Å². The van der Waals surface area contributed by atoms with E-state index in [0.29, 0.717) is 17.6 Å². The third-order valence-electron chi connectivity index (χ3n) is 4.10. The Bertz CT molecular complexity index is 203. The number of rotatable bonds is 3. The summed E-state index contributed by atoms with van der Waals surface area (Å²) in [5, 5.41) is 3.35. The molecule has 1 N–H and O–H groups in total. The molecule has 1 heterocycles. The second-order valence-electron chi connectivity index (χ2n) is 5.52. The molecule has 3 nitrogen and oxygen atoms in total. The quantitative estimate of drug-likeness (QED) is 0.755. The lowest BCUT2D eigenvalue weighted by Gasteiger charge is -2.48. The highest BCUT2D eigenvalue weighted by Gasteiger charge is 2.33. The van der Waals surface area contributed by atoms with Gasteiger partial charge in [-0.15, -0.1) is 0 Å². The van der Waals surface area contributed by atoms with Crippen LogP contribution in [0.5, 0.6) is 0 Å². The van der Waals surface area contributed by atoms with Gasteiger partial charge in [0.1, 0.15) is 0 Å². The van der Waals surface area contributed by atoms with E-state index in [-0.39, 0.29) is 0 Å². The number of nitrogens with one attached hydrogen (secondary N) is 1. The van der Waals surface area contributed by atoms with Gasteiger partial charge in [-0.05, 0) is 41.8 Å². The van der Waals surface area contributed by atoms with Crippen molar-refractivity contribution in [1.82, 2.24) is 15.1 Å². The lowest BCUT2D eigenvalue weighted by molar-refractivity contribution is 0.0140. The molecule has 1 aliphatic rings. The Morgan fingerprint density at radius 1 is 1.20 bits per heavy atom. The van der Waals surface area contributed by atoms with E-state index >= 15 is 0 Å². The molecule has 90 valence electrons. The van der Waals surface area contributed by atoms with E-state index < -0.39 is 0 Å². The van der Waals surface area contributed by atoms with Gasteiger partial charge in [0, 0.05) is 37.3 Å². The van der Waals surface area contributed by atoms with Crippen LogP contribution in [0.2, 0.25) is 0 Å². The van der Waals surface area contributed by atoms with Crippen molar-refractivity contribution in [1.29, 1.82) is 0 Å². The van der Waals surface area contributed by atoms with Crippen molar-refractivity contribution in [2.24, 2.45) is 0 Å². The second kappa shape index (κ2) is 4.81. The molecule has 0 aliphatic carbocycles. The zero-order chi connectivity index (χ0) is 11.6. The van der Waals surface area contributed by atoms with Crippen molar-refractivity contribution in [3.05, 3.63) is 0 Å². The fraction of sp³-hybridized carbons (Fsp3) is 1.00. The molecule has 2 atom stereocenters. The first-order valence-corrected chi connectivity index (χ1v) is 6.01. The van der Waals surface area contributed by atoms with Gasteiger partial charge in [-0.25, -0.2) is 0 Å². The molecular formula is C12H27N3. The van der Waals surface area contributed by atoms with E-state index in [0.717, 1.165) is 6.54 Å². The number of nitrogens with zero attached hydrogens (tertiary/aromatic N) is 2. The minimum absolute atomic E-state index is 0.306. The summed E-state index contributed by atoms with van der Waals surface area (Å²) in [5.74, 6) is 0. The third-order valence-corrected chi connectivity index (χ3v) is 4.10. The highest BCUT2D eigenvalue weighted by molar-refractivity contribution is 4.91. The van der Waals surface area contributed by atoms with Crippen LogP contribution in [0.1, 0.15) is 27.7 Å². The van der Waals surface area contributed by atoms with Gasteiger partial charge in [0.15, 0.2) is 0 Å². The maximum absolute atomic E-state index is 3.35. The SMILES string of the molecule is CNC(C)C(C)N1CCN(C)C(C)(C)C1. The first kappa shape index (κ1) is 12.9. The molecule has 1 rings (SSSR count). The molecule has 0 aromatic rings. The summed E-state index contributed by atoms with van der Waals surface area (Å²) in [5.41, 5.74) is 0.306. The third kappa shape index (κ3) is 2.92. The molecule has 0 aromatic heterocycles. The van der Waals surface area contributed by atoms with Crippen molar-refractivity contribution in [3.8, 4) is 0 Å². The maximum atomic E-state index is 3.35. The van der Waals surface area contributed by atoms with Crippen molar-refractivity contribution in [2.45, 2.75) is 45.3 Å². The summed E-state index contributed by atoms with van der Waals surface area (Å²) >= 11 is 0. The summed E-state index contributed by atoms with van der Waals surface area (Å²) < 4.78 is 0. The molecule has 0 bridgehead atoms. The molecule has 1 saturated heterocycles. The fourth-order valence-corrected chi connectivity index (χ4v) is 2.18. The molecule has 0 amide bonds. The Kier molecular flexibility index (Phi) is 4.15. The van der Waals surface area contributed by atoms with Crippen LogP contribution in [0.4, 0.5) is 0 Å². The van der Waals surface area contributed by atoms with Crippen molar-refractivity contribution < 1.29 is 0 Å². The topological polar surface area (TPSA) is 18.5 Å². The standard InChI is InChI=1S/C12H27N3/c1-10(13-5)11(2)15-8-7-14(6)12(3,4)9-15/h10-11,13H,7-9H2,1-6H3. The highest BCUT2D eigenvalue weighted by atomic mass is 15.3. The van der Waals surface area contributed by atoms with Crippen molar-refractivity contribution >= 4 is 0 Å². The predicted octanol–water partition coefficient (Wildman–Crippen LogP) is 1.01. The number of hydrogen-bond donors (Lipinski definition) is 1. The van der Waals surface area contributed by atoms with E-state index in [1.807, 2.05) is 7.05 Å². The fourth-order valence-electron chi connectivity index (χ4n) is 2.18. The second-order valence-corrected chi connectivity index (χ2v) is 5.52. The normalized spacial score (nSPS) is 27.6. The molecule has 1 fully saturated rings. The van der Waals surface area contributed by atoms with Gasteiger partial charge in [0.2, 0.25) is 0 Å². The highest BCUT2D eigenvalue weighted by Crippen LogP contribution is 2.21. The molecule has 0 spiro atoms. The van der Waals surface area contributed by atoms with Crippen LogP contribution < -0.4 is 5.32 Å². The molecule has 2 unspecified atom stereocenters. The predicted molar refractivity (Wildman–Crippen MR) is 66.3 cm³/mol. The van der Waals surface area contributed by atoms with Gasteiger partial charge in [-0.1, -0.05) is 0 Å². The Morgan fingerprint density at radius 2 is 1.80 bits per heavy atom. The van der Waals surface area contributed by atoms with E-state index in [9.17, 15) is 0 Å². The molecule has 0 aromatic carbocycles. The van der Waals surface area contributed by atoms with Crippen LogP contribution >= 0.6 is 0 Å². The molecular weight excluding hydrogens is 186 g/mol.